The number of nitro benzene ring substituents is 1. The van der Waals surface area contributed by atoms with Crippen LogP contribution in [0.4, 0.5) is 17.1 Å². The molecule has 4 aromatic rings. The van der Waals surface area contributed by atoms with E-state index in [-0.39, 0.29) is 11.4 Å². The lowest BCUT2D eigenvalue weighted by Gasteiger charge is -2.09. The molecule has 1 heterocycles. The van der Waals surface area contributed by atoms with Gasteiger partial charge in [0.25, 0.3) is 11.6 Å². The third-order valence-electron chi connectivity index (χ3n) is 4.96. The molecule has 4 rings (SSSR count). The number of carbonyl (C=O) groups is 1. The number of rotatable bonds is 7. The maximum atomic E-state index is 12.7. The number of hydrogen-bond donors (Lipinski definition) is 2. The van der Waals surface area contributed by atoms with Crippen molar-refractivity contribution in [2.75, 3.05) is 11.1 Å². The number of nitro groups is 1. The van der Waals surface area contributed by atoms with Crippen LogP contribution in [0.3, 0.4) is 0 Å². The molecule has 0 saturated heterocycles. The Morgan fingerprint density at radius 3 is 2.50 bits per heavy atom. The van der Waals surface area contributed by atoms with E-state index in [1.54, 1.807) is 29.1 Å². The molecular weight excluding hydrogens is 408 g/mol. The summed E-state index contributed by atoms with van der Waals surface area (Å²) in [6.07, 6.45) is 2.15. The molecule has 0 fully saturated rings. The van der Waals surface area contributed by atoms with Crippen molar-refractivity contribution in [3.05, 3.63) is 100 Å². The molecule has 3 aromatic carbocycles. The Morgan fingerprint density at radius 1 is 1.03 bits per heavy atom. The number of hydrogen-bond acceptors (Lipinski definition) is 6. The van der Waals surface area contributed by atoms with Gasteiger partial charge >= 0.3 is 0 Å². The van der Waals surface area contributed by atoms with Gasteiger partial charge in [0, 0.05) is 18.7 Å². The highest BCUT2D eigenvalue weighted by Gasteiger charge is 2.14. The topological polar surface area (TPSA) is 129 Å². The Labute approximate surface area is 183 Å². The van der Waals surface area contributed by atoms with Crippen molar-refractivity contribution in [3.8, 4) is 11.1 Å². The number of carbonyl (C=O) groups excluding carboxylic acids is 1. The fourth-order valence-corrected chi connectivity index (χ4v) is 3.20. The first-order chi connectivity index (χ1) is 15.5. The Morgan fingerprint density at radius 2 is 1.78 bits per heavy atom. The van der Waals surface area contributed by atoms with Gasteiger partial charge in [-0.15, -0.1) is 5.10 Å². The summed E-state index contributed by atoms with van der Waals surface area (Å²) in [5.74, 6) is -0.413. The smallest absolute Gasteiger partial charge is 0.277 e. The quantitative estimate of drug-likeness (QED) is 0.261. The number of amides is 1. The second kappa shape index (κ2) is 9.09. The van der Waals surface area contributed by atoms with Crippen molar-refractivity contribution in [2.45, 2.75) is 13.0 Å². The lowest BCUT2D eigenvalue weighted by Crippen LogP contribution is -2.14. The highest BCUT2D eigenvalue weighted by atomic mass is 16.6. The van der Waals surface area contributed by atoms with Crippen molar-refractivity contribution in [2.24, 2.45) is 0 Å². The molecule has 1 aromatic heterocycles. The number of non-ortho nitro benzene ring substituents is 1. The lowest BCUT2D eigenvalue weighted by atomic mass is 10.0. The maximum Gasteiger partial charge on any atom is 0.277 e. The average molecular weight is 428 g/mol. The van der Waals surface area contributed by atoms with Gasteiger partial charge in [-0.25, -0.2) is 0 Å². The van der Waals surface area contributed by atoms with E-state index in [0.717, 1.165) is 16.7 Å². The number of aromatic nitrogens is 3. The van der Waals surface area contributed by atoms with Crippen molar-refractivity contribution in [3.63, 3.8) is 0 Å². The van der Waals surface area contributed by atoms with Crippen LogP contribution in [0.25, 0.3) is 11.1 Å². The molecule has 1 amide bonds. The van der Waals surface area contributed by atoms with E-state index in [0.29, 0.717) is 24.3 Å². The minimum absolute atomic E-state index is 0.0454. The summed E-state index contributed by atoms with van der Waals surface area (Å²) in [7, 11) is 0. The van der Waals surface area contributed by atoms with Gasteiger partial charge in [0.1, 0.15) is 0 Å². The first-order valence-electron chi connectivity index (χ1n) is 9.89. The molecule has 0 aliphatic carbocycles. The molecule has 0 saturated carbocycles. The molecule has 3 N–H and O–H groups in total. The van der Waals surface area contributed by atoms with Gasteiger partial charge in [-0.2, -0.15) is 0 Å². The number of anilines is 2. The van der Waals surface area contributed by atoms with E-state index >= 15 is 0 Å². The molecule has 0 spiro atoms. The van der Waals surface area contributed by atoms with Crippen LogP contribution >= 0.6 is 0 Å². The van der Waals surface area contributed by atoms with E-state index in [1.165, 1.54) is 12.1 Å². The highest BCUT2D eigenvalue weighted by Crippen LogP contribution is 2.27. The standard InChI is InChI=1S/C23H20N6O3/c24-20-11-8-18(17-4-2-1-3-5-17)14-21(20)25-23(30)22-15-28(27-26-22)13-12-16-6-9-19(10-7-16)29(31)32/h1-11,14-15H,12-13,24H2,(H,25,30). The van der Waals surface area contributed by atoms with Crippen LogP contribution in [0.15, 0.2) is 79.0 Å². The van der Waals surface area contributed by atoms with Gasteiger partial charge in [-0.05, 0) is 35.2 Å². The van der Waals surface area contributed by atoms with E-state index in [4.69, 9.17) is 5.73 Å². The number of aryl methyl sites for hydroxylation is 2. The third kappa shape index (κ3) is 4.78. The van der Waals surface area contributed by atoms with Crippen LogP contribution in [-0.4, -0.2) is 25.8 Å². The number of nitrogens with one attached hydrogen (secondary N) is 1. The molecule has 160 valence electrons. The van der Waals surface area contributed by atoms with Crippen LogP contribution in [0.5, 0.6) is 0 Å². The third-order valence-corrected chi connectivity index (χ3v) is 4.96. The van der Waals surface area contributed by atoms with Gasteiger partial charge in [0.05, 0.1) is 22.5 Å². The van der Waals surface area contributed by atoms with Crippen molar-refractivity contribution >= 4 is 23.0 Å². The van der Waals surface area contributed by atoms with Gasteiger partial charge in [0.15, 0.2) is 5.69 Å². The highest BCUT2D eigenvalue weighted by molar-refractivity contribution is 6.04. The van der Waals surface area contributed by atoms with E-state index in [9.17, 15) is 14.9 Å². The number of nitrogens with zero attached hydrogens (tertiary/aromatic N) is 4. The molecule has 0 bridgehead atoms. The fourth-order valence-electron chi connectivity index (χ4n) is 3.20. The van der Waals surface area contributed by atoms with Crippen LogP contribution in [0.2, 0.25) is 0 Å². The van der Waals surface area contributed by atoms with Crippen LogP contribution < -0.4 is 11.1 Å². The number of benzene rings is 3. The van der Waals surface area contributed by atoms with Crippen LogP contribution in [-0.2, 0) is 13.0 Å². The second-order valence-electron chi connectivity index (χ2n) is 7.16. The molecule has 0 aliphatic rings. The van der Waals surface area contributed by atoms with Gasteiger partial charge in [0.2, 0.25) is 0 Å². The Hall–Kier alpha value is -4.53. The molecule has 0 radical (unpaired) electrons. The van der Waals surface area contributed by atoms with E-state index < -0.39 is 10.8 Å². The molecule has 0 unspecified atom stereocenters. The van der Waals surface area contributed by atoms with Gasteiger partial charge in [-0.1, -0.05) is 53.7 Å². The zero-order valence-corrected chi connectivity index (χ0v) is 17.0. The Bertz CT molecular complexity index is 1250. The normalized spacial score (nSPS) is 10.6. The molecule has 0 aliphatic heterocycles. The summed E-state index contributed by atoms with van der Waals surface area (Å²) in [5.41, 5.74) is 10.1. The minimum atomic E-state index is -0.436. The van der Waals surface area contributed by atoms with E-state index in [2.05, 4.69) is 15.6 Å². The second-order valence-corrected chi connectivity index (χ2v) is 7.16. The predicted molar refractivity (Wildman–Crippen MR) is 121 cm³/mol. The number of nitrogens with two attached hydrogens (primary N) is 1. The average Bonchev–Trinajstić information content (AvgIpc) is 3.29. The summed E-state index contributed by atoms with van der Waals surface area (Å²) >= 11 is 0. The lowest BCUT2D eigenvalue weighted by molar-refractivity contribution is -0.384. The zero-order valence-electron chi connectivity index (χ0n) is 17.0. The maximum absolute atomic E-state index is 12.7. The minimum Gasteiger partial charge on any atom is -0.397 e. The van der Waals surface area contributed by atoms with Gasteiger partial charge in [-0.3, -0.25) is 19.6 Å². The first-order valence-corrected chi connectivity index (χ1v) is 9.89. The number of nitrogen functional groups attached to an aromatic ring is 1. The summed E-state index contributed by atoms with van der Waals surface area (Å²) in [4.78, 5) is 23.0. The predicted octanol–water partition coefficient (Wildman–Crippen LogP) is 3.93. The fraction of sp³-hybridized carbons (Fsp3) is 0.0870. The van der Waals surface area contributed by atoms with Crippen molar-refractivity contribution in [1.82, 2.24) is 15.0 Å². The molecular formula is C23H20N6O3. The molecule has 9 heteroatoms. The monoisotopic (exact) mass is 428 g/mol. The van der Waals surface area contributed by atoms with Crippen LogP contribution in [0, 0.1) is 10.1 Å². The molecule has 32 heavy (non-hydrogen) atoms. The van der Waals surface area contributed by atoms with Gasteiger partial charge < -0.3 is 11.1 Å². The van der Waals surface area contributed by atoms with E-state index in [1.807, 2.05) is 42.5 Å². The largest absolute Gasteiger partial charge is 0.397 e. The zero-order chi connectivity index (χ0) is 22.5. The summed E-state index contributed by atoms with van der Waals surface area (Å²) in [6, 6.07) is 21.6. The summed E-state index contributed by atoms with van der Waals surface area (Å²) in [6.45, 7) is 0.476. The van der Waals surface area contributed by atoms with Crippen molar-refractivity contribution < 1.29 is 9.72 Å². The Kier molecular flexibility index (Phi) is 5.89. The summed E-state index contributed by atoms with van der Waals surface area (Å²) in [5, 5.41) is 21.5. The van der Waals surface area contributed by atoms with Crippen LogP contribution in [0.1, 0.15) is 16.1 Å². The summed E-state index contributed by atoms with van der Waals surface area (Å²) < 4.78 is 1.56. The molecule has 0 atom stereocenters. The first kappa shape index (κ1) is 20.7. The Balaban J connectivity index is 1.41. The SMILES string of the molecule is Nc1ccc(-c2ccccc2)cc1NC(=O)c1cn(CCc2ccc([N+](=O)[O-])cc2)nn1. The molecule has 9 nitrogen and oxygen atoms in total. The van der Waals surface area contributed by atoms with Crippen molar-refractivity contribution in [1.29, 1.82) is 0 Å².